The van der Waals surface area contributed by atoms with Crippen LogP contribution in [0.1, 0.15) is 11.3 Å². The van der Waals surface area contributed by atoms with Crippen LogP contribution in [0.2, 0.25) is 0 Å². The Morgan fingerprint density at radius 3 is 2.45 bits per heavy atom. The Hall–Kier alpha value is -3.26. The van der Waals surface area contributed by atoms with E-state index in [1.54, 1.807) is 35.2 Å². The molecule has 1 aromatic heterocycles. The zero-order chi connectivity index (χ0) is 20.4. The Labute approximate surface area is 167 Å². The van der Waals surface area contributed by atoms with Crippen molar-refractivity contribution in [3.05, 3.63) is 87.7 Å². The second-order valence-electron chi connectivity index (χ2n) is 6.95. The van der Waals surface area contributed by atoms with Crippen LogP contribution in [0.5, 0.6) is 0 Å². The Morgan fingerprint density at radius 1 is 1.07 bits per heavy atom. The van der Waals surface area contributed by atoms with Gasteiger partial charge in [-0.25, -0.2) is 13.5 Å². The summed E-state index contributed by atoms with van der Waals surface area (Å²) < 4.78 is 23.8. The molecule has 0 radical (unpaired) electrons. The van der Waals surface area contributed by atoms with Crippen LogP contribution in [0.25, 0.3) is 10.8 Å². The lowest BCUT2D eigenvalue weighted by molar-refractivity contribution is -0.132. The van der Waals surface area contributed by atoms with Gasteiger partial charge in [-0.05, 0) is 17.7 Å². The molecule has 2 heterocycles. The third-order valence-corrected chi connectivity index (χ3v) is 6.30. The average molecular weight is 409 g/mol. The fourth-order valence-electron chi connectivity index (χ4n) is 3.47. The number of hydrogen-bond donors (Lipinski definition) is 1. The molecule has 0 saturated carbocycles. The molecule has 29 heavy (non-hydrogen) atoms. The highest BCUT2D eigenvalue weighted by molar-refractivity contribution is 7.94. The van der Waals surface area contributed by atoms with E-state index in [4.69, 9.17) is 0 Å². The van der Waals surface area contributed by atoms with Crippen LogP contribution in [0.15, 0.2) is 70.9 Å². The van der Waals surface area contributed by atoms with E-state index in [1.807, 2.05) is 30.3 Å². The van der Waals surface area contributed by atoms with Gasteiger partial charge >= 0.3 is 0 Å². The van der Waals surface area contributed by atoms with E-state index in [-0.39, 0.29) is 30.2 Å². The van der Waals surface area contributed by atoms with Crippen molar-refractivity contribution in [1.29, 1.82) is 0 Å². The maximum atomic E-state index is 13.2. The molecule has 1 aliphatic heterocycles. The zero-order valence-corrected chi connectivity index (χ0v) is 16.3. The molecule has 8 heteroatoms. The molecule has 7 nitrogen and oxygen atoms in total. The molecule has 2 aromatic carbocycles. The van der Waals surface area contributed by atoms with E-state index in [0.29, 0.717) is 16.5 Å². The van der Waals surface area contributed by atoms with Crippen LogP contribution in [0.3, 0.4) is 0 Å². The van der Waals surface area contributed by atoms with E-state index in [2.05, 4.69) is 10.2 Å². The fourth-order valence-corrected chi connectivity index (χ4v) is 4.77. The van der Waals surface area contributed by atoms with Gasteiger partial charge in [-0.3, -0.25) is 9.59 Å². The average Bonchev–Trinajstić information content (AvgIpc) is 3.08. The van der Waals surface area contributed by atoms with Crippen LogP contribution >= 0.6 is 0 Å². The Kier molecular flexibility index (Phi) is 5.02. The predicted molar refractivity (Wildman–Crippen MR) is 110 cm³/mol. The minimum absolute atomic E-state index is 0.0471. The SMILES string of the molecule is O=C(Cc1n[nH]c(=O)c2ccccc12)N(Cc1ccccc1)[C@@H]1C=CS(=O)(=O)C1. The van der Waals surface area contributed by atoms with E-state index >= 15 is 0 Å². The number of benzene rings is 2. The number of aromatic nitrogens is 2. The molecule has 1 atom stereocenters. The largest absolute Gasteiger partial charge is 0.331 e. The number of nitrogens with zero attached hydrogens (tertiary/aromatic N) is 2. The molecule has 4 rings (SSSR count). The van der Waals surface area contributed by atoms with Crippen molar-refractivity contribution in [2.45, 2.75) is 19.0 Å². The van der Waals surface area contributed by atoms with Crippen molar-refractivity contribution in [2.24, 2.45) is 0 Å². The highest BCUT2D eigenvalue weighted by atomic mass is 32.2. The highest BCUT2D eigenvalue weighted by Gasteiger charge is 2.30. The summed E-state index contributed by atoms with van der Waals surface area (Å²) in [6.07, 6.45) is 1.50. The molecule has 0 spiro atoms. The predicted octanol–water partition coefficient (Wildman–Crippen LogP) is 1.81. The lowest BCUT2D eigenvalue weighted by atomic mass is 10.1. The molecular weight excluding hydrogens is 390 g/mol. The van der Waals surface area contributed by atoms with Crippen LogP contribution < -0.4 is 5.56 Å². The Balaban J connectivity index is 1.66. The first-order chi connectivity index (χ1) is 13.9. The van der Waals surface area contributed by atoms with E-state index in [1.165, 1.54) is 0 Å². The van der Waals surface area contributed by atoms with E-state index < -0.39 is 15.9 Å². The number of carbonyl (C=O) groups excluding carboxylic acids is 1. The van der Waals surface area contributed by atoms with Gasteiger partial charge in [0.2, 0.25) is 5.91 Å². The normalized spacial score (nSPS) is 17.4. The summed E-state index contributed by atoms with van der Waals surface area (Å²) in [6, 6.07) is 15.8. The van der Waals surface area contributed by atoms with Crippen molar-refractivity contribution >= 4 is 26.5 Å². The number of H-pyrrole nitrogens is 1. The number of hydrogen-bond acceptors (Lipinski definition) is 5. The lowest BCUT2D eigenvalue weighted by Crippen LogP contribution is -2.41. The second-order valence-corrected chi connectivity index (χ2v) is 8.89. The first kappa shape index (κ1) is 19.1. The fraction of sp³-hybridized carbons (Fsp3) is 0.190. The number of fused-ring (bicyclic) bond motifs is 1. The van der Waals surface area contributed by atoms with Gasteiger partial charge in [0.1, 0.15) is 0 Å². The molecular formula is C21H19N3O4S. The van der Waals surface area contributed by atoms with E-state index in [0.717, 1.165) is 11.0 Å². The molecule has 0 saturated heterocycles. The minimum Gasteiger partial charge on any atom is -0.331 e. The summed E-state index contributed by atoms with van der Waals surface area (Å²) in [6.45, 7) is 0.283. The van der Waals surface area contributed by atoms with Crippen molar-refractivity contribution in [3.8, 4) is 0 Å². The van der Waals surface area contributed by atoms with Gasteiger partial charge in [-0.2, -0.15) is 5.10 Å². The molecule has 0 bridgehead atoms. The molecule has 148 valence electrons. The highest BCUT2D eigenvalue weighted by Crippen LogP contribution is 2.20. The van der Waals surface area contributed by atoms with Crippen molar-refractivity contribution in [1.82, 2.24) is 15.1 Å². The Bertz CT molecular complexity index is 1250. The number of sulfone groups is 1. The Morgan fingerprint density at radius 2 is 1.76 bits per heavy atom. The van der Waals surface area contributed by atoms with Crippen LogP contribution in [-0.4, -0.2) is 41.2 Å². The van der Waals surface area contributed by atoms with Crippen molar-refractivity contribution in [2.75, 3.05) is 5.75 Å². The van der Waals surface area contributed by atoms with Crippen LogP contribution in [0.4, 0.5) is 0 Å². The second kappa shape index (κ2) is 7.63. The van der Waals surface area contributed by atoms with Gasteiger partial charge in [0.15, 0.2) is 9.84 Å². The van der Waals surface area contributed by atoms with E-state index in [9.17, 15) is 18.0 Å². The number of rotatable bonds is 5. The summed E-state index contributed by atoms with van der Waals surface area (Å²) in [5.41, 5.74) is 1.04. The van der Waals surface area contributed by atoms with Crippen LogP contribution in [0, 0.1) is 0 Å². The molecule has 0 aliphatic carbocycles. The standard InChI is InChI=1S/C21H19N3O4S/c25-20(12-19-17-8-4-5-9-18(17)21(26)23-22-19)24(13-15-6-2-1-3-7-15)16-10-11-29(27,28)14-16/h1-11,16H,12-14H2,(H,23,26)/t16-/m1/s1. The van der Waals surface area contributed by atoms with Crippen molar-refractivity contribution < 1.29 is 13.2 Å². The molecule has 1 amide bonds. The summed E-state index contributed by atoms with van der Waals surface area (Å²) in [5.74, 6) is -0.393. The molecule has 0 unspecified atom stereocenters. The number of aromatic amines is 1. The third-order valence-electron chi connectivity index (χ3n) is 4.92. The monoisotopic (exact) mass is 409 g/mol. The number of nitrogens with one attached hydrogen (secondary N) is 1. The number of carbonyl (C=O) groups is 1. The smallest absolute Gasteiger partial charge is 0.272 e. The van der Waals surface area contributed by atoms with Gasteiger partial charge in [-0.1, -0.05) is 48.5 Å². The topological polar surface area (TPSA) is 100 Å². The van der Waals surface area contributed by atoms with Crippen LogP contribution in [-0.2, 0) is 27.6 Å². The maximum Gasteiger partial charge on any atom is 0.272 e. The van der Waals surface area contributed by atoms with Gasteiger partial charge < -0.3 is 4.90 Å². The summed E-state index contributed by atoms with van der Waals surface area (Å²) >= 11 is 0. The quantitative estimate of drug-likeness (QED) is 0.693. The molecule has 1 N–H and O–H groups in total. The van der Waals surface area contributed by atoms with Gasteiger partial charge in [0.05, 0.1) is 29.3 Å². The zero-order valence-electron chi connectivity index (χ0n) is 15.5. The minimum atomic E-state index is -3.32. The molecule has 0 fully saturated rings. The maximum absolute atomic E-state index is 13.2. The summed E-state index contributed by atoms with van der Waals surface area (Å²) in [5, 5.41) is 8.74. The molecule has 3 aromatic rings. The molecule has 1 aliphatic rings. The van der Waals surface area contributed by atoms with Gasteiger partial charge in [0, 0.05) is 17.3 Å². The lowest BCUT2D eigenvalue weighted by Gasteiger charge is -2.28. The third kappa shape index (κ3) is 4.12. The number of amides is 1. The van der Waals surface area contributed by atoms with Gasteiger partial charge in [0.25, 0.3) is 5.56 Å². The van der Waals surface area contributed by atoms with Gasteiger partial charge in [-0.15, -0.1) is 0 Å². The first-order valence-corrected chi connectivity index (χ1v) is 10.9. The first-order valence-electron chi connectivity index (χ1n) is 9.13. The summed E-state index contributed by atoms with van der Waals surface area (Å²) in [7, 11) is -3.32. The summed E-state index contributed by atoms with van der Waals surface area (Å²) in [4.78, 5) is 26.7. The van der Waals surface area contributed by atoms with Crippen molar-refractivity contribution in [3.63, 3.8) is 0 Å².